The number of hydrogen-bond donors (Lipinski definition) is 1. The molecule has 6 nitrogen and oxygen atoms in total. The number of nitrogens with one attached hydrogen (secondary N) is 1. The van der Waals surface area contributed by atoms with E-state index in [0.717, 1.165) is 24.9 Å². The lowest BCUT2D eigenvalue weighted by Crippen LogP contribution is -2.40. The van der Waals surface area contributed by atoms with Crippen LogP contribution in [0.4, 0.5) is 15.8 Å². The molecule has 1 fully saturated rings. The van der Waals surface area contributed by atoms with Gasteiger partial charge >= 0.3 is 0 Å². The van der Waals surface area contributed by atoms with E-state index in [1.54, 1.807) is 31.2 Å². The third-order valence-electron chi connectivity index (χ3n) is 4.96. The minimum atomic E-state index is -0.448. The maximum Gasteiger partial charge on any atom is 0.274 e. The number of nitro groups is 1. The number of nitro benzene ring substituents is 1. The highest BCUT2D eigenvalue weighted by Crippen LogP contribution is 2.27. The predicted molar refractivity (Wildman–Crippen MR) is 101 cm³/mol. The molecule has 0 radical (unpaired) electrons. The first-order chi connectivity index (χ1) is 12.9. The highest BCUT2D eigenvalue weighted by atomic mass is 19.1. The second-order valence-corrected chi connectivity index (χ2v) is 6.90. The van der Waals surface area contributed by atoms with E-state index in [2.05, 4.69) is 10.2 Å². The summed E-state index contributed by atoms with van der Waals surface area (Å²) in [4.78, 5) is 25.5. The van der Waals surface area contributed by atoms with Crippen LogP contribution in [0.15, 0.2) is 42.5 Å². The van der Waals surface area contributed by atoms with Gasteiger partial charge in [0.05, 0.1) is 22.1 Å². The Kier molecular flexibility index (Phi) is 5.81. The van der Waals surface area contributed by atoms with Crippen molar-refractivity contribution in [2.45, 2.75) is 26.3 Å². The lowest BCUT2D eigenvalue weighted by molar-refractivity contribution is -0.385. The zero-order chi connectivity index (χ0) is 19.4. The quantitative estimate of drug-likeness (QED) is 0.639. The summed E-state index contributed by atoms with van der Waals surface area (Å²) in [5.74, 6) is -0.567. The first-order valence-corrected chi connectivity index (χ1v) is 8.95. The summed E-state index contributed by atoms with van der Waals surface area (Å²) in [6.45, 7) is 3.80. The Morgan fingerprint density at radius 2 is 2.04 bits per heavy atom. The van der Waals surface area contributed by atoms with Gasteiger partial charge in [-0.3, -0.25) is 19.8 Å². The van der Waals surface area contributed by atoms with Crippen molar-refractivity contribution in [2.75, 3.05) is 18.4 Å². The van der Waals surface area contributed by atoms with Crippen LogP contribution in [0.5, 0.6) is 0 Å². The first-order valence-electron chi connectivity index (χ1n) is 8.95. The molecule has 142 valence electrons. The molecule has 0 unspecified atom stereocenters. The van der Waals surface area contributed by atoms with Crippen molar-refractivity contribution >= 4 is 17.3 Å². The molecule has 2 aromatic carbocycles. The highest BCUT2D eigenvalue weighted by molar-refractivity contribution is 5.94. The number of hydrogen-bond acceptors (Lipinski definition) is 4. The molecule has 0 saturated carbocycles. The van der Waals surface area contributed by atoms with Gasteiger partial charge in [-0.15, -0.1) is 0 Å². The number of benzene rings is 2. The zero-order valence-electron chi connectivity index (χ0n) is 15.2. The average Bonchev–Trinajstić information content (AvgIpc) is 2.65. The maximum atomic E-state index is 13.0. The van der Waals surface area contributed by atoms with Crippen molar-refractivity contribution in [1.29, 1.82) is 0 Å². The van der Waals surface area contributed by atoms with Gasteiger partial charge in [0.1, 0.15) is 5.82 Å². The summed E-state index contributed by atoms with van der Waals surface area (Å²) in [5, 5.41) is 13.9. The van der Waals surface area contributed by atoms with Crippen LogP contribution in [0.2, 0.25) is 0 Å². The van der Waals surface area contributed by atoms with E-state index < -0.39 is 4.92 Å². The van der Waals surface area contributed by atoms with Gasteiger partial charge in [-0.1, -0.05) is 18.2 Å². The van der Waals surface area contributed by atoms with Gasteiger partial charge in [0.25, 0.3) is 5.69 Å². The maximum absolute atomic E-state index is 13.0. The average molecular weight is 371 g/mol. The Bertz CT molecular complexity index is 839. The molecule has 0 aromatic heterocycles. The van der Waals surface area contributed by atoms with E-state index >= 15 is 0 Å². The summed E-state index contributed by atoms with van der Waals surface area (Å²) >= 11 is 0. The minimum absolute atomic E-state index is 0.00520. The van der Waals surface area contributed by atoms with Crippen LogP contribution in [0, 0.1) is 28.8 Å². The first kappa shape index (κ1) is 19.0. The van der Waals surface area contributed by atoms with Gasteiger partial charge in [-0.05, 0) is 50.1 Å². The van der Waals surface area contributed by atoms with E-state index in [4.69, 9.17) is 0 Å². The van der Waals surface area contributed by atoms with Crippen LogP contribution >= 0.6 is 0 Å². The largest absolute Gasteiger partial charge is 0.325 e. The van der Waals surface area contributed by atoms with Crippen LogP contribution in [0.3, 0.4) is 0 Å². The third kappa shape index (κ3) is 4.68. The van der Waals surface area contributed by atoms with Gasteiger partial charge in [-0.25, -0.2) is 4.39 Å². The Morgan fingerprint density at radius 1 is 1.30 bits per heavy atom. The number of amides is 1. The Morgan fingerprint density at radius 3 is 2.74 bits per heavy atom. The normalized spacial score (nSPS) is 17.5. The summed E-state index contributed by atoms with van der Waals surface area (Å²) < 4.78 is 13.0. The number of piperidine rings is 1. The van der Waals surface area contributed by atoms with Gasteiger partial charge in [0, 0.05) is 19.2 Å². The Hall–Kier alpha value is -2.80. The smallest absolute Gasteiger partial charge is 0.274 e. The second-order valence-electron chi connectivity index (χ2n) is 6.90. The summed E-state index contributed by atoms with van der Waals surface area (Å²) in [5.41, 5.74) is 1.93. The predicted octanol–water partition coefficient (Wildman–Crippen LogP) is 3.89. The molecule has 1 amide bonds. The monoisotopic (exact) mass is 371 g/mol. The molecule has 0 aliphatic carbocycles. The number of likely N-dealkylation sites (tertiary alicyclic amines) is 1. The number of rotatable bonds is 5. The van der Waals surface area contributed by atoms with Crippen molar-refractivity contribution in [1.82, 2.24) is 4.90 Å². The number of halogens is 1. The van der Waals surface area contributed by atoms with E-state index in [0.29, 0.717) is 24.3 Å². The molecule has 3 rings (SSSR count). The van der Waals surface area contributed by atoms with E-state index in [1.807, 2.05) is 0 Å². The Balaban J connectivity index is 1.64. The van der Waals surface area contributed by atoms with Crippen LogP contribution in [0.1, 0.15) is 24.0 Å². The molecule has 1 heterocycles. The van der Waals surface area contributed by atoms with Crippen molar-refractivity contribution in [3.8, 4) is 0 Å². The standard InChI is InChI=1S/C20H22FN3O3/c1-14-18(5-2-6-19(14)24(26)27)22-20(25)16-4-3-11-23(13-16)12-15-7-9-17(21)10-8-15/h2,5-10,16H,3-4,11-13H2,1H3,(H,22,25)/t16-/m1/s1. The molecule has 0 bridgehead atoms. The molecule has 1 aliphatic heterocycles. The fraction of sp³-hybridized carbons (Fsp3) is 0.350. The lowest BCUT2D eigenvalue weighted by atomic mass is 9.96. The van der Waals surface area contributed by atoms with Crippen molar-refractivity contribution in [2.24, 2.45) is 5.92 Å². The number of carbonyl (C=O) groups excluding carboxylic acids is 1. The van der Waals surface area contributed by atoms with Crippen molar-refractivity contribution < 1.29 is 14.1 Å². The molecule has 1 atom stereocenters. The number of nitrogens with zero attached hydrogens (tertiary/aromatic N) is 2. The second kappa shape index (κ2) is 8.26. The van der Waals surface area contributed by atoms with E-state index in [1.165, 1.54) is 18.2 Å². The van der Waals surface area contributed by atoms with E-state index in [9.17, 15) is 19.3 Å². The molecule has 27 heavy (non-hydrogen) atoms. The van der Waals surface area contributed by atoms with Crippen molar-refractivity contribution in [3.05, 3.63) is 69.5 Å². The zero-order valence-corrected chi connectivity index (χ0v) is 15.2. The molecule has 1 aliphatic rings. The molecule has 1 saturated heterocycles. The van der Waals surface area contributed by atoms with Crippen LogP contribution in [-0.2, 0) is 11.3 Å². The van der Waals surface area contributed by atoms with Gasteiger partial charge in [0.15, 0.2) is 0 Å². The highest BCUT2D eigenvalue weighted by Gasteiger charge is 2.26. The van der Waals surface area contributed by atoms with Crippen molar-refractivity contribution in [3.63, 3.8) is 0 Å². The van der Waals surface area contributed by atoms with E-state index in [-0.39, 0.29) is 23.3 Å². The van der Waals surface area contributed by atoms with Crippen LogP contribution in [0.25, 0.3) is 0 Å². The fourth-order valence-electron chi connectivity index (χ4n) is 3.45. The molecular formula is C20H22FN3O3. The molecule has 1 N–H and O–H groups in total. The molecule has 7 heteroatoms. The molecule has 2 aromatic rings. The summed E-state index contributed by atoms with van der Waals surface area (Å²) in [6.07, 6.45) is 1.67. The minimum Gasteiger partial charge on any atom is -0.325 e. The SMILES string of the molecule is Cc1c(NC(=O)[C@@H]2CCCN(Cc3ccc(F)cc3)C2)cccc1[N+](=O)[O-]. The molecular weight excluding hydrogens is 349 g/mol. The topological polar surface area (TPSA) is 75.5 Å². The van der Waals surface area contributed by atoms with Gasteiger partial charge in [-0.2, -0.15) is 0 Å². The number of anilines is 1. The summed E-state index contributed by atoms with van der Waals surface area (Å²) in [7, 11) is 0. The third-order valence-corrected chi connectivity index (χ3v) is 4.96. The van der Waals surface area contributed by atoms with Crippen LogP contribution < -0.4 is 5.32 Å². The van der Waals surface area contributed by atoms with Gasteiger partial charge in [0.2, 0.25) is 5.91 Å². The lowest BCUT2D eigenvalue weighted by Gasteiger charge is -2.32. The Labute approximate surface area is 157 Å². The van der Waals surface area contributed by atoms with Crippen LogP contribution in [-0.4, -0.2) is 28.8 Å². The number of carbonyl (C=O) groups is 1. The fourth-order valence-corrected chi connectivity index (χ4v) is 3.45. The van der Waals surface area contributed by atoms with Gasteiger partial charge < -0.3 is 5.32 Å². The molecule has 0 spiro atoms. The summed E-state index contributed by atoms with van der Waals surface area (Å²) in [6, 6.07) is 11.1.